The Morgan fingerprint density at radius 3 is 2.43 bits per heavy atom. The lowest BCUT2D eigenvalue weighted by Crippen LogP contribution is -2.40. The van der Waals surface area contributed by atoms with E-state index in [9.17, 15) is 13.2 Å². The van der Waals surface area contributed by atoms with Crippen molar-refractivity contribution < 1.29 is 22.4 Å². The van der Waals surface area contributed by atoms with Crippen molar-refractivity contribution in [1.82, 2.24) is 9.21 Å². The molecule has 1 aromatic carbocycles. The number of benzene rings is 1. The molecule has 1 amide bonds. The van der Waals surface area contributed by atoms with E-state index in [1.165, 1.54) is 16.4 Å². The van der Waals surface area contributed by atoms with Crippen molar-refractivity contribution in [2.24, 2.45) is 0 Å². The maximum atomic E-state index is 12.6. The van der Waals surface area contributed by atoms with E-state index < -0.39 is 10.0 Å². The molecule has 152 valence electrons. The number of hydrogen-bond donors (Lipinski definition) is 1. The largest absolute Gasteiger partial charge is 0.465 e. The van der Waals surface area contributed by atoms with Gasteiger partial charge in [0.1, 0.15) is 11.5 Å². The van der Waals surface area contributed by atoms with Crippen molar-refractivity contribution >= 4 is 21.6 Å². The van der Waals surface area contributed by atoms with Gasteiger partial charge >= 0.3 is 0 Å². The number of ether oxygens (including phenoxy) is 1. The summed E-state index contributed by atoms with van der Waals surface area (Å²) < 4.78 is 37.3. The quantitative estimate of drug-likeness (QED) is 0.751. The van der Waals surface area contributed by atoms with E-state index in [-0.39, 0.29) is 17.3 Å². The highest BCUT2D eigenvalue weighted by atomic mass is 32.2. The van der Waals surface area contributed by atoms with Gasteiger partial charge in [-0.1, -0.05) is 0 Å². The second kappa shape index (κ2) is 8.87. The normalized spacial score (nSPS) is 15.7. The molecule has 0 bridgehead atoms. The molecule has 1 saturated heterocycles. The molecule has 1 aliphatic rings. The molecule has 1 aromatic heterocycles. The fourth-order valence-electron chi connectivity index (χ4n) is 2.98. The van der Waals surface area contributed by atoms with Crippen LogP contribution in [0.4, 0.5) is 5.69 Å². The van der Waals surface area contributed by atoms with Crippen LogP contribution < -0.4 is 5.32 Å². The summed E-state index contributed by atoms with van der Waals surface area (Å²) in [5, 5.41) is 2.78. The summed E-state index contributed by atoms with van der Waals surface area (Å²) in [6.45, 7) is 4.09. The van der Waals surface area contributed by atoms with E-state index in [4.69, 9.17) is 9.15 Å². The predicted molar refractivity (Wildman–Crippen MR) is 104 cm³/mol. The Balaban J connectivity index is 1.55. The van der Waals surface area contributed by atoms with Gasteiger partial charge in [-0.2, -0.15) is 4.31 Å². The molecule has 2 heterocycles. The second-order valence-corrected chi connectivity index (χ2v) is 8.71. The zero-order chi connectivity index (χ0) is 20.1. The lowest BCUT2D eigenvalue weighted by atomic mass is 10.3. The summed E-state index contributed by atoms with van der Waals surface area (Å²) >= 11 is 0. The Morgan fingerprint density at radius 2 is 1.82 bits per heavy atom. The van der Waals surface area contributed by atoms with Crippen LogP contribution in [0, 0.1) is 6.92 Å². The van der Waals surface area contributed by atoms with E-state index in [1.54, 1.807) is 12.1 Å². The molecule has 1 N–H and O–H groups in total. The van der Waals surface area contributed by atoms with Crippen LogP contribution in [0.5, 0.6) is 0 Å². The van der Waals surface area contributed by atoms with E-state index in [2.05, 4.69) is 5.32 Å². The number of hydrogen-bond acceptors (Lipinski definition) is 6. The molecule has 1 aliphatic heterocycles. The first-order valence-electron chi connectivity index (χ1n) is 9.06. The van der Waals surface area contributed by atoms with Gasteiger partial charge < -0.3 is 14.5 Å². The first-order chi connectivity index (χ1) is 13.3. The Morgan fingerprint density at radius 1 is 1.14 bits per heavy atom. The average Bonchev–Trinajstić information content (AvgIpc) is 3.07. The van der Waals surface area contributed by atoms with Crippen LogP contribution in [0.2, 0.25) is 0 Å². The SMILES string of the molecule is Cc1ccc(CN(C)CC(=O)Nc2ccc(S(=O)(=O)N3CCOCC3)cc2)o1. The van der Waals surface area contributed by atoms with Crippen molar-refractivity contribution in [2.45, 2.75) is 18.4 Å². The fraction of sp³-hybridized carbons (Fsp3) is 0.421. The van der Waals surface area contributed by atoms with Gasteiger partial charge in [-0.15, -0.1) is 0 Å². The molecule has 0 aliphatic carbocycles. The maximum Gasteiger partial charge on any atom is 0.243 e. The number of aryl methyl sites for hydroxylation is 1. The summed E-state index contributed by atoms with van der Waals surface area (Å²) in [5.74, 6) is 1.44. The van der Waals surface area contributed by atoms with Crippen LogP contribution in [0.3, 0.4) is 0 Å². The van der Waals surface area contributed by atoms with Crippen LogP contribution in [0.1, 0.15) is 11.5 Å². The number of nitrogens with one attached hydrogen (secondary N) is 1. The third kappa shape index (κ3) is 5.20. The monoisotopic (exact) mass is 407 g/mol. The van der Waals surface area contributed by atoms with Crippen molar-refractivity contribution in [3.05, 3.63) is 47.9 Å². The van der Waals surface area contributed by atoms with Crippen LogP contribution in [0.25, 0.3) is 0 Å². The summed E-state index contributed by atoms with van der Waals surface area (Å²) in [6, 6.07) is 9.99. The summed E-state index contributed by atoms with van der Waals surface area (Å²) in [4.78, 5) is 14.3. The van der Waals surface area contributed by atoms with Crippen molar-refractivity contribution in [3.8, 4) is 0 Å². The number of carbonyl (C=O) groups excluding carboxylic acids is 1. The molecule has 0 spiro atoms. The molecular weight excluding hydrogens is 382 g/mol. The molecule has 9 heteroatoms. The number of amides is 1. The van der Waals surface area contributed by atoms with E-state index >= 15 is 0 Å². The van der Waals surface area contributed by atoms with Crippen molar-refractivity contribution in [2.75, 3.05) is 45.2 Å². The summed E-state index contributed by atoms with van der Waals surface area (Å²) in [5.41, 5.74) is 0.549. The number of morpholine rings is 1. The smallest absolute Gasteiger partial charge is 0.243 e. The van der Waals surface area contributed by atoms with Crippen LogP contribution in [0.15, 0.2) is 45.7 Å². The topological polar surface area (TPSA) is 92.1 Å². The molecule has 1 fully saturated rings. The molecule has 28 heavy (non-hydrogen) atoms. The Kier molecular flexibility index (Phi) is 6.50. The molecule has 0 radical (unpaired) electrons. The molecule has 2 aromatic rings. The Labute approximate surface area is 165 Å². The highest BCUT2D eigenvalue weighted by Gasteiger charge is 2.26. The van der Waals surface area contributed by atoms with E-state index in [0.717, 1.165) is 11.5 Å². The van der Waals surface area contributed by atoms with E-state index in [1.807, 2.05) is 31.0 Å². The zero-order valence-corrected chi connectivity index (χ0v) is 16.9. The Bertz CT molecular complexity index is 902. The van der Waals surface area contributed by atoms with Gasteiger partial charge in [-0.05, 0) is 50.4 Å². The number of anilines is 1. The number of carbonyl (C=O) groups is 1. The average molecular weight is 407 g/mol. The van der Waals surface area contributed by atoms with E-state index in [0.29, 0.717) is 38.5 Å². The maximum absolute atomic E-state index is 12.6. The first kappa shape index (κ1) is 20.5. The third-order valence-electron chi connectivity index (χ3n) is 4.38. The Hall–Kier alpha value is -2.20. The summed E-state index contributed by atoms with van der Waals surface area (Å²) in [6.07, 6.45) is 0. The van der Waals surface area contributed by atoms with Crippen LogP contribution in [-0.4, -0.2) is 63.4 Å². The molecular formula is C19H25N3O5S. The molecule has 0 saturated carbocycles. The number of nitrogens with zero attached hydrogens (tertiary/aromatic N) is 2. The minimum atomic E-state index is -3.54. The van der Waals surface area contributed by atoms with Crippen molar-refractivity contribution in [3.63, 3.8) is 0 Å². The van der Waals surface area contributed by atoms with Gasteiger partial charge in [-0.25, -0.2) is 8.42 Å². The highest BCUT2D eigenvalue weighted by molar-refractivity contribution is 7.89. The third-order valence-corrected chi connectivity index (χ3v) is 6.29. The highest BCUT2D eigenvalue weighted by Crippen LogP contribution is 2.19. The predicted octanol–water partition coefficient (Wildman–Crippen LogP) is 1.68. The van der Waals surface area contributed by atoms with Crippen LogP contribution in [-0.2, 0) is 26.1 Å². The van der Waals surface area contributed by atoms with Gasteiger partial charge in [0.05, 0.1) is 31.2 Å². The molecule has 3 rings (SSSR count). The lowest BCUT2D eigenvalue weighted by molar-refractivity contribution is -0.117. The summed E-state index contributed by atoms with van der Waals surface area (Å²) in [7, 11) is -1.71. The molecule has 0 atom stereocenters. The van der Waals surface area contributed by atoms with Gasteiger partial charge in [0, 0.05) is 18.8 Å². The fourth-order valence-corrected chi connectivity index (χ4v) is 4.39. The number of rotatable bonds is 7. The van der Waals surface area contributed by atoms with Gasteiger partial charge in [-0.3, -0.25) is 9.69 Å². The number of likely N-dealkylation sites (N-methyl/N-ethyl adjacent to an activating group) is 1. The van der Waals surface area contributed by atoms with Gasteiger partial charge in [0.25, 0.3) is 0 Å². The minimum Gasteiger partial charge on any atom is -0.465 e. The second-order valence-electron chi connectivity index (χ2n) is 6.77. The van der Waals surface area contributed by atoms with Crippen LogP contribution >= 0.6 is 0 Å². The number of sulfonamides is 1. The van der Waals surface area contributed by atoms with Gasteiger partial charge in [0.15, 0.2) is 0 Å². The lowest BCUT2D eigenvalue weighted by Gasteiger charge is -2.26. The van der Waals surface area contributed by atoms with Gasteiger partial charge in [0.2, 0.25) is 15.9 Å². The minimum absolute atomic E-state index is 0.186. The zero-order valence-electron chi connectivity index (χ0n) is 16.1. The standard InChI is InChI=1S/C19H25N3O5S/c1-15-3-6-17(27-15)13-21(2)14-19(23)20-16-4-7-18(8-5-16)28(24,25)22-9-11-26-12-10-22/h3-8H,9-14H2,1-2H3,(H,20,23). The molecule has 8 nitrogen and oxygen atoms in total. The molecule has 0 unspecified atom stereocenters. The number of furan rings is 1. The van der Waals surface area contributed by atoms with Crippen molar-refractivity contribution in [1.29, 1.82) is 0 Å². The first-order valence-corrected chi connectivity index (χ1v) is 10.5.